The lowest BCUT2D eigenvalue weighted by atomic mass is 10.1. The van der Waals surface area contributed by atoms with Gasteiger partial charge in [0.25, 0.3) is 0 Å². The first-order valence-corrected chi connectivity index (χ1v) is 8.28. The number of phenolic OH excluding ortho intramolecular Hbond substituents is 1. The first-order chi connectivity index (χ1) is 11.0. The van der Waals surface area contributed by atoms with E-state index in [-0.39, 0.29) is 23.6 Å². The molecule has 1 rings (SSSR count). The number of aromatic hydroxyl groups is 1. The Balaban J connectivity index is 2.35. The van der Waals surface area contributed by atoms with Gasteiger partial charge in [-0.2, -0.15) is 0 Å². The summed E-state index contributed by atoms with van der Waals surface area (Å²) in [5.41, 5.74) is 0.281. The van der Waals surface area contributed by atoms with Gasteiger partial charge in [0, 0.05) is 6.07 Å². The van der Waals surface area contributed by atoms with Crippen molar-refractivity contribution in [2.24, 2.45) is 0 Å². The van der Waals surface area contributed by atoms with Crippen LogP contribution in [0.5, 0.6) is 11.5 Å². The summed E-state index contributed by atoms with van der Waals surface area (Å²) in [6.07, 6.45) is 6.95. The molecule has 1 amide bonds. The number of carbonyl (C=O) groups excluding carboxylic acids is 2. The molecule has 0 heterocycles. The third kappa shape index (κ3) is 8.24. The molecule has 0 spiro atoms. The van der Waals surface area contributed by atoms with E-state index < -0.39 is 5.91 Å². The Bertz CT molecular complexity index is 514. The number of anilines is 1. The van der Waals surface area contributed by atoms with E-state index in [1.165, 1.54) is 38.7 Å². The van der Waals surface area contributed by atoms with Gasteiger partial charge in [0.15, 0.2) is 0 Å². The Kier molecular flexibility index (Phi) is 8.80. The van der Waals surface area contributed by atoms with E-state index >= 15 is 0 Å². The summed E-state index contributed by atoms with van der Waals surface area (Å²) in [4.78, 5) is 22.4. The van der Waals surface area contributed by atoms with Gasteiger partial charge in [0.1, 0.15) is 17.3 Å². The highest BCUT2D eigenvalue weighted by Gasteiger charge is 2.09. The maximum absolute atomic E-state index is 11.5. The lowest BCUT2D eigenvalue weighted by molar-refractivity contribution is -0.124. The smallest absolute Gasteiger partial charge is 0.231 e. The van der Waals surface area contributed by atoms with E-state index in [9.17, 15) is 14.7 Å². The number of carbonyl (C=O) groups is 2. The van der Waals surface area contributed by atoms with Gasteiger partial charge in [-0.15, -0.1) is 0 Å². The average molecular weight is 321 g/mol. The normalized spacial score (nSPS) is 10.3. The Morgan fingerprint density at radius 2 is 1.83 bits per heavy atom. The zero-order chi connectivity index (χ0) is 17.1. The number of benzene rings is 1. The highest BCUT2D eigenvalue weighted by Crippen LogP contribution is 2.28. The molecule has 2 N–H and O–H groups in total. The highest BCUT2D eigenvalue weighted by atomic mass is 16.5. The van der Waals surface area contributed by atoms with Crippen LogP contribution < -0.4 is 10.1 Å². The predicted octanol–water partition coefficient (Wildman–Crippen LogP) is 4.05. The van der Waals surface area contributed by atoms with Crippen LogP contribution in [0, 0.1) is 0 Å². The van der Waals surface area contributed by atoms with Crippen molar-refractivity contribution in [2.75, 3.05) is 11.9 Å². The van der Waals surface area contributed by atoms with Crippen LogP contribution in [-0.2, 0) is 9.59 Å². The summed E-state index contributed by atoms with van der Waals surface area (Å²) in [5.74, 6) is -0.155. The molecule has 0 atom stereocenters. The van der Waals surface area contributed by atoms with Gasteiger partial charge in [-0.25, -0.2) is 0 Å². The van der Waals surface area contributed by atoms with Gasteiger partial charge in [-0.05, 0) is 25.5 Å². The number of nitrogens with one attached hydrogen (secondary N) is 1. The zero-order valence-electron chi connectivity index (χ0n) is 14.1. The van der Waals surface area contributed by atoms with Crippen LogP contribution in [0.2, 0.25) is 0 Å². The molecule has 0 aliphatic carbocycles. The van der Waals surface area contributed by atoms with E-state index in [1.807, 2.05) is 0 Å². The summed E-state index contributed by atoms with van der Waals surface area (Å²) in [5, 5.41) is 12.4. The van der Waals surface area contributed by atoms with Crippen LogP contribution in [0.25, 0.3) is 0 Å². The molecule has 0 aliphatic heterocycles. The van der Waals surface area contributed by atoms with Gasteiger partial charge in [0.2, 0.25) is 5.91 Å². The molecule has 128 valence electrons. The van der Waals surface area contributed by atoms with Crippen LogP contribution >= 0.6 is 0 Å². The molecule has 0 saturated heterocycles. The maximum Gasteiger partial charge on any atom is 0.231 e. The summed E-state index contributed by atoms with van der Waals surface area (Å²) in [7, 11) is 0. The van der Waals surface area contributed by atoms with E-state index in [1.54, 1.807) is 12.1 Å². The topological polar surface area (TPSA) is 75.6 Å². The lowest BCUT2D eigenvalue weighted by Gasteiger charge is -2.10. The number of hydrogen-bond donors (Lipinski definition) is 2. The minimum Gasteiger partial charge on any atom is -0.506 e. The second kappa shape index (κ2) is 10.6. The largest absolute Gasteiger partial charge is 0.506 e. The van der Waals surface area contributed by atoms with Crippen molar-refractivity contribution >= 4 is 17.4 Å². The van der Waals surface area contributed by atoms with Crippen molar-refractivity contribution in [1.29, 1.82) is 0 Å². The number of amides is 1. The van der Waals surface area contributed by atoms with Crippen molar-refractivity contribution in [3.8, 4) is 11.5 Å². The highest BCUT2D eigenvalue weighted by molar-refractivity contribution is 6.04. The third-order valence-electron chi connectivity index (χ3n) is 3.42. The quantitative estimate of drug-likeness (QED) is 0.366. The van der Waals surface area contributed by atoms with Crippen LogP contribution in [0.1, 0.15) is 58.8 Å². The maximum atomic E-state index is 11.5. The third-order valence-corrected chi connectivity index (χ3v) is 3.42. The second-order valence-corrected chi connectivity index (χ2v) is 5.72. The van der Waals surface area contributed by atoms with Crippen LogP contribution in [0.3, 0.4) is 0 Å². The fourth-order valence-corrected chi connectivity index (χ4v) is 2.20. The zero-order valence-corrected chi connectivity index (χ0v) is 14.1. The van der Waals surface area contributed by atoms with E-state index in [0.717, 1.165) is 12.8 Å². The van der Waals surface area contributed by atoms with Gasteiger partial charge < -0.3 is 15.2 Å². The molecule has 1 aromatic rings. The molecule has 0 aliphatic rings. The van der Waals surface area contributed by atoms with Gasteiger partial charge in [-0.1, -0.05) is 39.0 Å². The number of rotatable bonds is 11. The SMILES string of the molecule is CCCCCCCCOc1ccc(NC(=O)CC(C)=O)c(O)c1. The Labute approximate surface area is 138 Å². The van der Waals surface area contributed by atoms with Crippen molar-refractivity contribution in [3.63, 3.8) is 0 Å². The number of hydrogen-bond acceptors (Lipinski definition) is 4. The Morgan fingerprint density at radius 1 is 1.13 bits per heavy atom. The first kappa shape index (κ1) is 19.0. The fraction of sp³-hybridized carbons (Fsp3) is 0.556. The van der Waals surface area contributed by atoms with Crippen molar-refractivity contribution in [2.45, 2.75) is 58.8 Å². The minimum absolute atomic E-state index is 0.0673. The van der Waals surface area contributed by atoms with Crippen LogP contribution in [0.4, 0.5) is 5.69 Å². The first-order valence-electron chi connectivity index (χ1n) is 8.28. The standard InChI is InChI=1S/C18H27NO4/c1-3-4-5-6-7-8-11-23-15-9-10-16(17(21)13-15)19-18(22)12-14(2)20/h9-10,13,21H,3-8,11-12H2,1-2H3,(H,19,22). The van der Waals surface area contributed by atoms with E-state index in [0.29, 0.717) is 12.4 Å². The molecular formula is C18H27NO4. The molecule has 0 radical (unpaired) electrons. The predicted molar refractivity (Wildman–Crippen MR) is 90.9 cm³/mol. The van der Waals surface area contributed by atoms with Gasteiger partial charge in [-0.3, -0.25) is 9.59 Å². The van der Waals surface area contributed by atoms with Crippen molar-refractivity contribution in [1.82, 2.24) is 0 Å². The molecule has 1 aromatic carbocycles. The average Bonchev–Trinajstić information content (AvgIpc) is 2.48. The fourth-order valence-electron chi connectivity index (χ4n) is 2.20. The Morgan fingerprint density at radius 3 is 2.48 bits per heavy atom. The van der Waals surface area contributed by atoms with E-state index in [2.05, 4.69) is 12.2 Å². The monoisotopic (exact) mass is 321 g/mol. The van der Waals surface area contributed by atoms with Crippen LogP contribution in [0.15, 0.2) is 18.2 Å². The molecule has 0 unspecified atom stereocenters. The summed E-state index contributed by atoms with van der Waals surface area (Å²) < 4.78 is 5.59. The molecule has 23 heavy (non-hydrogen) atoms. The number of ether oxygens (including phenoxy) is 1. The second-order valence-electron chi connectivity index (χ2n) is 5.72. The Hall–Kier alpha value is -2.04. The lowest BCUT2D eigenvalue weighted by Crippen LogP contribution is -2.14. The molecular weight excluding hydrogens is 294 g/mol. The molecule has 5 heteroatoms. The molecule has 0 fully saturated rings. The van der Waals surface area contributed by atoms with Gasteiger partial charge >= 0.3 is 0 Å². The number of phenols is 1. The molecule has 0 aromatic heterocycles. The summed E-state index contributed by atoms with van der Waals surface area (Å²) in [6, 6.07) is 4.74. The minimum atomic E-state index is -0.437. The molecule has 0 bridgehead atoms. The molecule has 5 nitrogen and oxygen atoms in total. The summed E-state index contributed by atoms with van der Waals surface area (Å²) in [6.45, 7) is 4.15. The van der Waals surface area contributed by atoms with Crippen LogP contribution in [-0.4, -0.2) is 23.4 Å². The summed E-state index contributed by atoms with van der Waals surface area (Å²) >= 11 is 0. The van der Waals surface area contributed by atoms with Gasteiger partial charge in [0.05, 0.1) is 18.7 Å². The van der Waals surface area contributed by atoms with Crippen molar-refractivity contribution in [3.05, 3.63) is 18.2 Å². The van der Waals surface area contributed by atoms with E-state index in [4.69, 9.17) is 4.74 Å². The van der Waals surface area contributed by atoms with Crippen molar-refractivity contribution < 1.29 is 19.4 Å². The molecule has 0 saturated carbocycles. The number of Topliss-reactive ketones (excluding diaryl/α,β-unsaturated/α-hetero) is 1. The number of unbranched alkanes of at least 4 members (excludes halogenated alkanes) is 5. The number of ketones is 1.